The van der Waals surface area contributed by atoms with Gasteiger partial charge in [0.15, 0.2) is 0 Å². The summed E-state index contributed by atoms with van der Waals surface area (Å²) >= 11 is 0. The highest BCUT2D eigenvalue weighted by atomic mass is 35.5. The van der Waals surface area contributed by atoms with Crippen molar-refractivity contribution in [3.05, 3.63) is 0 Å². The van der Waals surface area contributed by atoms with Gasteiger partial charge in [-0.15, -0.1) is 12.4 Å². The Balaban J connectivity index is 0.00000121. The molecule has 0 aromatic heterocycles. The van der Waals surface area contributed by atoms with Gasteiger partial charge >= 0.3 is 0 Å². The van der Waals surface area contributed by atoms with E-state index in [-0.39, 0.29) is 24.6 Å². The first-order valence-electron chi connectivity index (χ1n) is 4.20. The van der Waals surface area contributed by atoms with Gasteiger partial charge in [-0.25, -0.2) is 0 Å². The molecule has 0 spiro atoms. The summed E-state index contributed by atoms with van der Waals surface area (Å²) in [5.74, 6) is 0. The molecule has 74 valence electrons. The maximum Gasteiger partial charge on any atom is 0.0483 e. The van der Waals surface area contributed by atoms with Crippen LogP contribution in [0.25, 0.3) is 0 Å². The van der Waals surface area contributed by atoms with Crippen molar-refractivity contribution in [3.63, 3.8) is 0 Å². The standard InChI is InChI=1S/C8H17NO2.ClH/c1-9-8(2-5-10)3-6-11-7-4-8;/h9-10H,2-7H2,1H3;1H. The highest BCUT2D eigenvalue weighted by molar-refractivity contribution is 5.85. The van der Waals surface area contributed by atoms with E-state index >= 15 is 0 Å². The van der Waals surface area contributed by atoms with Crippen molar-refractivity contribution in [1.82, 2.24) is 5.32 Å². The Morgan fingerprint density at radius 1 is 1.42 bits per heavy atom. The van der Waals surface area contributed by atoms with Crippen molar-refractivity contribution in [2.24, 2.45) is 0 Å². The largest absolute Gasteiger partial charge is 0.396 e. The van der Waals surface area contributed by atoms with Gasteiger partial charge in [-0.2, -0.15) is 0 Å². The van der Waals surface area contributed by atoms with E-state index in [9.17, 15) is 0 Å². The van der Waals surface area contributed by atoms with E-state index in [0.29, 0.717) is 0 Å². The van der Waals surface area contributed by atoms with Crippen LogP contribution < -0.4 is 5.32 Å². The number of aliphatic hydroxyl groups excluding tert-OH is 1. The van der Waals surface area contributed by atoms with Crippen LogP contribution in [-0.2, 0) is 4.74 Å². The fraction of sp³-hybridized carbons (Fsp3) is 1.00. The number of halogens is 1. The molecule has 0 aromatic rings. The molecule has 1 heterocycles. The fourth-order valence-electron chi connectivity index (χ4n) is 1.60. The summed E-state index contributed by atoms with van der Waals surface area (Å²) in [6, 6.07) is 0. The third-order valence-electron chi connectivity index (χ3n) is 2.57. The number of rotatable bonds is 3. The summed E-state index contributed by atoms with van der Waals surface area (Å²) in [5, 5.41) is 12.1. The molecule has 0 aliphatic carbocycles. The van der Waals surface area contributed by atoms with Gasteiger partial charge in [0, 0.05) is 25.4 Å². The van der Waals surface area contributed by atoms with Crippen LogP contribution in [0, 0.1) is 0 Å². The molecule has 2 N–H and O–H groups in total. The minimum absolute atomic E-state index is 0. The van der Waals surface area contributed by atoms with E-state index in [4.69, 9.17) is 9.84 Å². The van der Waals surface area contributed by atoms with E-state index in [0.717, 1.165) is 32.5 Å². The summed E-state index contributed by atoms with van der Waals surface area (Å²) in [6.07, 6.45) is 2.88. The molecule has 12 heavy (non-hydrogen) atoms. The highest BCUT2D eigenvalue weighted by Gasteiger charge is 2.29. The zero-order valence-corrected chi connectivity index (χ0v) is 8.32. The van der Waals surface area contributed by atoms with Gasteiger partial charge in [0.25, 0.3) is 0 Å². The summed E-state index contributed by atoms with van der Waals surface area (Å²) in [6.45, 7) is 1.91. The molecule has 1 saturated heterocycles. The van der Waals surface area contributed by atoms with Gasteiger partial charge in [-0.05, 0) is 26.3 Å². The molecule has 3 nitrogen and oxygen atoms in total. The Morgan fingerprint density at radius 2 is 2.00 bits per heavy atom. The average molecular weight is 196 g/mol. The van der Waals surface area contributed by atoms with Gasteiger partial charge in [0.05, 0.1) is 0 Å². The SMILES string of the molecule is CNC1(CCO)CCOCC1.Cl. The van der Waals surface area contributed by atoms with Gasteiger partial charge < -0.3 is 15.2 Å². The van der Waals surface area contributed by atoms with E-state index in [1.807, 2.05) is 7.05 Å². The van der Waals surface area contributed by atoms with Crippen molar-refractivity contribution < 1.29 is 9.84 Å². The number of hydrogen-bond acceptors (Lipinski definition) is 3. The minimum Gasteiger partial charge on any atom is -0.396 e. The van der Waals surface area contributed by atoms with E-state index in [1.165, 1.54) is 0 Å². The van der Waals surface area contributed by atoms with Crippen molar-refractivity contribution in [3.8, 4) is 0 Å². The molecule has 0 radical (unpaired) electrons. The maximum atomic E-state index is 8.83. The molecule has 1 rings (SSSR count). The molecule has 4 heteroatoms. The maximum absolute atomic E-state index is 8.83. The normalized spacial score (nSPS) is 21.5. The lowest BCUT2D eigenvalue weighted by Gasteiger charge is -2.36. The fourth-order valence-corrected chi connectivity index (χ4v) is 1.60. The molecule has 1 fully saturated rings. The predicted octanol–water partition coefficient (Wildman–Crippen LogP) is 0.559. The van der Waals surface area contributed by atoms with Gasteiger partial charge in [-0.3, -0.25) is 0 Å². The first-order valence-corrected chi connectivity index (χ1v) is 4.20. The van der Waals surface area contributed by atoms with Gasteiger partial charge in [0.2, 0.25) is 0 Å². The number of nitrogens with one attached hydrogen (secondary N) is 1. The Hall–Kier alpha value is 0.170. The molecule has 0 amide bonds. The van der Waals surface area contributed by atoms with Crippen LogP contribution in [0.1, 0.15) is 19.3 Å². The van der Waals surface area contributed by atoms with Crippen LogP contribution in [0.3, 0.4) is 0 Å². The summed E-state index contributed by atoms with van der Waals surface area (Å²) in [7, 11) is 1.96. The Bertz CT molecular complexity index is 110. The number of hydrogen-bond donors (Lipinski definition) is 2. The zero-order chi connectivity index (χ0) is 8.16. The van der Waals surface area contributed by atoms with E-state index < -0.39 is 0 Å². The second kappa shape index (κ2) is 5.75. The van der Waals surface area contributed by atoms with Crippen LogP contribution in [-0.4, -0.2) is 37.5 Å². The third-order valence-corrected chi connectivity index (χ3v) is 2.57. The monoisotopic (exact) mass is 195 g/mol. The Morgan fingerprint density at radius 3 is 2.42 bits per heavy atom. The molecular formula is C8H18ClNO2. The lowest BCUT2D eigenvalue weighted by molar-refractivity contribution is 0.0309. The predicted molar refractivity (Wildman–Crippen MR) is 50.8 cm³/mol. The second-order valence-electron chi connectivity index (χ2n) is 3.12. The van der Waals surface area contributed by atoms with Crippen LogP contribution in [0.5, 0.6) is 0 Å². The van der Waals surface area contributed by atoms with Crippen molar-refractivity contribution in [2.45, 2.75) is 24.8 Å². The van der Waals surface area contributed by atoms with Crippen LogP contribution in [0.15, 0.2) is 0 Å². The molecule has 0 atom stereocenters. The van der Waals surface area contributed by atoms with Crippen LogP contribution in [0.2, 0.25) is 0 Å². The average Bonchev–Trinajstić information content (AvgIpc) is 2.07. The Labute approximate surface area is 79.9 Å². The minimum atomic E-state index is 0. The van der Waals surface area contributed by atoms with E-state index in [2.05, 4.69) is 5.32 Å². The number of ether oxygens (including phenoxy) is 1. The topological polar surface area (TPSA) is 41.5 Å². The molecular weight excluding hydrogens is 178 g/mol. The van der Waals surface area contributed by atoms with Gasteiger partial charge in [0.1, 0.15) is 0 Å². The van der Waals surface area contributed by atoms with Crippen LogP contribution in [0.4, 0.5) is 0 Å². The second-order valence-corrected chi connectivity index (χ2v) is 3.12. The molecule has 0 aromatic carbocycles. The molecule has 0 saturated carbocycles. The first-order chi connectivity index (χ1) is 5.33. The van der Waals surface area contributed by atoms with E-state index in [1.54, 1.807) is 0 Å². The van der Waals surface area contributed by atoms with Crippen molar-refractivity contribution in [1.29, 1.82) is 0 Å². The van der Waals surface area contributed by atoms with Crippen LogP contribution >= 0.6 is 12.4 Å². The smallest absolute Gasteiger partial charge is 0.0483 e. The lowest BCUT2D eigenvalue weighted by Crippen LogP contribution is -2.48. The molecule has 0 unspecified atom stereocenters. The summed E-state index contributed by atoms with van der Waals surface area (Å²) in [5.41, 5.74) is 0.146. The highest BCUT2D eigenvalue weighted by Crippen LogP contribution is 2.23. The lowest BCUT2D eigenvalue weighted by atomic mass is 9.87. The summed E-state index contributed by atoms with van der Waals surface area (Å²) < 4.78 is 5.25. The van der Waals surface area contributed by atoms with Crippen molar-refractivity contribution >= 4 is 12.4 Å². The quantitative estimate of drug-likeness (QED) is 0.692. The summed E-state index contributed by atoms with van der Waals surface area (Å²) in [4.78, 5) is 0. The Kier molecular flexibility index (Phi) is 5.84. The van der Waals surface area contributed by atoms with Crippen molar-refractivity contribution in [2.75, 3.05) is 26.9 Å². The van der Waals surface area contributed by atoms with Gasteiger partial charge in [-0.1, -0.05) is 0 Å². The number of aliphatic hydroxyl groups is 1. The zero-order valence-electron chi connectivity index (χ0n) is 7.51. The first kappa shape index (κ1) is 12.2. The molecule has 1 aliphatic heterocycles. The third kappa shape index (κ3) is 2.90. The molecule has 0 bridgehead atoms. The molecule has 1 aliphatic rings.